The predicted octanol–water partition coefficient (Wildman–Crippen LogP) is 5.27. The van der Waals surface area contributed by atoms with E-state index in [0.717, 1.165) is 47.2 Å². The number of nitrogens with zero attached hydrogens (tertiary/aromatic N) is 4. The summed E-state index contributed by atoms with van der Waals surface area (Å²) >= 11 is 0. The molecule has 1 aliphatic heterocycles. The molecule has 0 aliphatic carbocycles. The number of aryl methyl sites for hydroxylation is 2. The molecular formula is C30H32FN5O2. The Labute approximate surface area is 222 Å². The van der Waals surface area contributed by atoms with Gasteiger partial charge in [0.15, 0.2) is 0 Å². The molecule has 0 spiro atoms. The maximum atomic E-state index is 13.6. The zero-order valence-electron chi connectivity index (χ0n) is 21.8. The minimum absolute atomic E-state index is 0.165. The van der Waals surface area contributed by atoms with E-state index in [2.05, 4.69) is 27.9 Å². The Bertz CT molecular complexity index is 1390. The van der Waals surface area contributed by atoms with E-state index in [1.807, 2.05) is 41.4 Å². The van der Waals surface area contributed by atoms with Crippen molar-refractivity contribution >= 4 is 11.7 Å². The fraction of sp³-hybridized carbons (Fsp3) is 0.300. The van der Waals surface area contributed by atoms with Crippen molar-refractivity contribution in [3.8, 4) is 28.4 Å². The smallest absolute Gasteiger partial charge is 0.222 e. The van der Waals surface area contributed by atoms with Gasteiger partial charge in [-0.3, -0.25) is 4.79 Å². The first-order valence-corrected chi connectivity index (χ1v) is 12.9. The Balaban J connectivity index is 1.24. The van der Waals surface area contributed by atoms with E-state index < -0.39 is 0 Å². The van der Waals surface area contributed by atoms with Gasteiger partial charge in [0, 0.05) is 55.6 Å². The van der Waals surface area contributed by atoms with Crippen LogP contribution < -0.4 is 9.64 Å². The molecule has 1 fully saturated rings. The van der Waals surface area contributed by atoms with Crippen LogP contribution in [0, 0.1) is 12.7 Å². The lowest BCUT2D eigenvalue weighted by Gasteiger charge is -2.35. The fourth-order valence-electron chi connectivity index (χ4n) is 4.80. The Morgan fingerprint density at radius 2 is 1.82 bits per heavy atom. The molecule has 3 heterocycles. The first kappa shape index (κ1) is 25.4. The highest BCUT2D eigenvalue weighted by Crippen LogP contribution is 2.29. The minimum atomic E-state index is -0.289. The van der Waals surface area contributed by atoms with E-state index in [9.17, 15) is 9.18 Å². The standard InChI is InChI=1S/C30H32FN5O2/c1-21-13-14-32-27(19-21)35-15-17-36(18-16-35)28(37)8-4-7-26-29(22-9-11-24(31)12-10-22)34-30(33-26)23-5-3-6-25(20-23)38-2/h3,5-6,9-14,19-20H,4,7-8,15-18H2,1-2H3,(H,33,34). The number of H-pyrrole nitrogens is 1. The number of nitrogens with one attached hydrogen (secondary N) is 1. The van der Waals surface area contributed by atoms with Crippen LogP contribution in [0.5, 0.6) is 5.75 Å². The van der Waals surface area contributed by atoms with Gasteiger partial charge in [0.2, 0.25) is 5.91 Å². The summed E-state index contributed by atoms with van der Waals surface area (Å²) < 4.78 is 18.9. The summed E-state index contributed by atoms with van der Waals surface area (Å²) in [4.78, 5) is 29.9. The average Bonchev–Trinajstić information content (AvgIpc) is 3.37. The second-order valence-corrected chi connectivity index (χ2v) is 9.56. The van der Waals surface area contributed by atoms with Crippen molar-refractivity contribution in [2.45, 2.75) is 26.2 Å². The maximum Gasteiger partial charge on any atom is 0.222 e. The van der Waals surface area contributed by atoms with Crippen LogP contribution in [-0.2, 0) is 11.2 Å². The number of aromatic amines is 1. The third-order valence-corrected chi connectivity index (χ3v) is 6.91. The summed E-state index contributed by atoms with van der Waals surface area (Å²) in [5.74, 6) is 2.30. The van der Waals surface area contributed by atoms with Gasteiger partial charge < -0.3 is 19.5 Å². The van der Waals surface area contributed by atoms with E-state index in [1.165, 1.54) is 17.7 Å². The number of carbonyl (C=O) groups is 1. The maximum absolute atomic E-state index is 13.6. The Hall–Kier alpha value is -4.20. The molecule has 0 radical (unpaired) electrons. The first-order chi connectivity index (χ1) is 18.5. The van der Waals surface area contributed by atoms with Crippen molar-refractivity contribution in [3.05, 3.63) is 83.9 Å². The highest BCUT2D eigenvalue weighted by Gasteiger charge is 2.22. The Morgan fingerprint density at radius 3 is 2.55 bits per heavy atom. The Morgan fingerprint density at radius 1 is 1.03 bits per heavy atom. The summed E-state index contributed by atoms with van der Waals surface area (Å²) in [6.45, 7) is 5.01. The zero-order chi connectivity index (χ0) is 26.5. The largest absolute Gasteiger partial charge is 0.497 e. The van der Waals surface area contributed by atoms with Gasteiger partial charge in [0.25, 0.3) is 0 Å². The number of aromatic nitrogens is 3. The van der Waals surface area contributed by atoms with Crippen LogP contribution in [0.2, 0.25) is 0 Å². The average molecular weight is 514 g/mol. The van der Waals surface area contributed by atoms with Gasteiger partial charge in [0.05, 0.1) is 12.8 Å². The van der Waals surface area contributed by atoms with Gasteiger partial charge in [-0.2, -0.15) is 0 Å². The van der Waals surface area contributed by atoms with E-state index >= 15 is 0 Å². The molecule has 7 nitrogen and oxygen atoms in total. The molecule has 2 aromatic heterocycles. The number of amides is 1. The number of methoxy groups -OCH3 is 1. The number of halogens is 1. The molecule has 38 heavy (non-hydrogen) atoms. The topological polar surface area (TPSA) is 74.3 Å². The summed E-state index contributed by atoms with van der Waals surface area (Å²) in [7, 11) is 1.63. The van der Waals surface area contributed by atoms with E-state index in [1.54, 1.807) is 19.2 Å². The SMILES string of the molecule is COc1cccc(-c2nc(-c3ccc(F)cc3)c(CCCC(=O)N3CCN(c4cc(C)ccn4)CC3)[nH]2)c1. The molecule has 1 amide bonds. The van der Waals surface area contributed by atoms with Gasteiger partial charge in [-0.05, 0) is 73.9 Å². The van der Waals surface area contributed by atoms with E-state index in [4.69, 9.17) is 9.72 Å². The van der Waals surface area contributed by atoms with Crippen LogP contribution >= 0.6 is 0 Å². The van der Waals surface area contributed by atoms with Gasteiger partial charge >= 0.3 is 0 Å². The van der Waals surface area contributed by atoms with Gasteiger partial charge in [-0.25, -0.2) is 14.4 Å². The molecule has 0 saturated carbocycles. The molecule has 0 unspecified atom stereocenters. The molecule has 0 atom stereocenters. The molecule has 1 N–H and O–H groups in total. The molecule has 5 rings (SSSR count). The quantitative estimate of drug-likeness (QED) is 0.348. The first-order valence-electron chi connectivity index (χ1n) is 12.9. The van der Waals surface area contributed by atoms with Crippen molar-refractivity contribution in [1.82, 2.24) is 19.9 Å². The van der Waals surface area contributed by atoms with Crippen LogP contribution in [0.25, 0.3) is 22.6 Å². The van der Waals surface area contributed by atoms with Crippen molar-refractivity contribution in [1.29, 1.82) is 0 Å². The molecule has 0 bridgehead atoms. The number of carbonyl (C=O) groups excluding carboxylic acids is 1. The number of imidazole rings is 1. The second kappa shape index (κ2) is 11.5. The number of benzene rings is 2. The van der Waals surface area contributed by atoms with Crippen molar-refractivity contribution < 1.29 is 13.9 Å². The van der Waals surface area contributed by atoms with Gasteiger partial charge in [-0.1, -0.05) is 12.1 Å². The van der Waals surface area contributed by atoms with E-state index in [-0.39, 0.29) is 11.7 Å². The molecule has 1 saturated heterocycles. The lowest BCUT2D eigenvalue weighted by Crippen LogP contribution is -2.49. The van der Waals surface area contributed by atoms with Crippen LogP contribution in [0.1, 0.15) is 24.1 Å². The summed E-state index contributed by atoms with van der Waals surface area (Å²) in [6, 6.07) is 18.1. The van der Waals surface area contributed by atoms with Crippen LogP contribution in [0.4, 0.5) is 10.2 Å². The Kier molecular flexibility index (Phi) is 7.67. The lowest BCUT2D eigenvalue weighted by atomic mass is 10.1. The van der Waals surface area contributed by atoms with Crippen LogP contribution in [-0.4, -0.2) is 59.0 Å². The summed E-state index contributed by atoms with van der Waals surface area (Å²) in [6.07, 6.45) is 3.63. The van der Waals surface area contributed by atoms with Crippen molar-refractivity contribution in [2.75, 3.05) is 38.2 Å². The third-order valence-electron chi connectivity index (χ3n) is 6.91. The van der Waals surface area contributed by atoms with Crippen molar-refractivity contribution in [3.63, 3.8) is 0 Å². The van der Waals surface area contributed by atoms with Crippen molar-refractivity contribution in [2.24, 2.45) is 0 Å². The number of pyridine rings is 1. The van der Waals surface area contributed by atoms with E-state index in [0.29, 0.717) is 38.2 Å². The number of ether oxygens (including phenoxy) is 1. The second-order valence-electron chi connectivity index (χ2n) is 9.56. The molecular weight excluding hydrogens is 481 g/mol. The van der Waals surface area contributed by atoms with Gasteiger partial charge in [0.1, 0.15) is 23.2 Å². The number of piperazine rings is 1. The lowest BCUT2D eigenvalue weighted by molar-refractivity contribution is -0.131. The summed E-state index contributed by atoms with van der Waals surface area (Å²) in [5.41, 5.74) is 4.61. The number of hydrogen-bond donors (Lipinski definition) is 1. The number of hydrogen-bond acceptors (Lipinski definition) is 5. The highest BCUT2D eigenvalue weighted by atomic mass is 19.1. The highest BCUT2D eigenvalue weighted by molar-refractivity contribution is 5.76. The molecule has 1 aliphatic rings. The minimum Gasteiger partial charge on any atom is -0.497 e. The zero-order valence-corrected chi connectivity index (χ0v) is 21.8. The van der Waals surface area contributed by atoms with Crippen LogP contribution in [0.15, 0.2) is 66.9 Å². The molecule has 8 heteroatoms. The normalized spacial score (nSPS) is 13.6. The predicted molar refractivity (Wildman–Crippen MR) is 147 cm³/mol. The molecule has 4 aromatic rings. The number of rotatable bonds is 8. The molecule has 2 aromatic carbocycles. The number of anilines is 1. The monoisotopic (exact) mass is 513 g/mol. The van der Waals surface area contributed by atoms with Gasteiger partial charge in [-0.15, -0.1) is 0 Å². The third kappa shape index (κ3) is 5.85. The summed E-state index contributed by atoms with van der Waals surface area (Å²) in [5, 5.41) is 0. The molecule has 196 valence electrons. The fourth-order valence-corrected chi connectivity index (χ4v) is 4.80. The van der Waals surface area contributed by atoms with Crippen LogP contribution in [0.3, 0.4) is 0 Å².